The van der Waals surface area contributed by atoms with Crippen LogP contribution in [0.3, 0.4) is 0 Å². The van der Waals surface area contributed by atoms with Gasteiger partial charge in [0, 0.05) is 24.6 Å². The van der Waals surface area contributed by atoms with Gasteiger partial charge in [-0.2, -0.15) is 0 Å². The molecule has 0 atom stereocenters. The van der Waals surface area contributed by atoms with Crippen molar-refractivity contribution in [1.82, 2.24) is 15.3 Å². The van der Waals surface area contributed by atoms with E-state index in [1.54, 1.807) is 13.2 Å². The predicted molar refractivity (Wildman–Crippen MR) is 127 cm³/mol. The molecular weight excluding hydrogens is 419 g/mol. The van der Waals surface area contributed by atoms with Gasteiger partial charge in [-0.1, -0.05) is 18.2 Å². The average Bonchev–Trinajstić information content (AvgIpc) is 2.84. The molecular formula is C26H29FN4O2. The summed E-state index contributed by atoms with van der Waals surface area (Å²) >= 11 is 0. The summed E-state index contributed by atoms with van der Waals surface area (Å²) < 4.78 is 26.4. The second-order valence-electron chi connectivity index (χ2n) is 8.85. The summed E-state index contributed by atoms with van der Waals surface area (Å²) in [4.78, 5) is 11.1. The van der Waals surface area contributed by atoms with E-state index in [4.69, 9.17) is 9.47 Å². The van der Waals surface area contributed by atoms with E-state index in [2.05, 4.69) is 52.2 Å². The first-order valence-corrected chi connectivity index (χ1v) is 11.5. The number of nitrogens with one attached hydrogen (secondary N) is 1. The predicted octanol–water partition coefficient (Wildman–Crippen LogP) is 4.14. The van der Waals surface area contributed by atoms with Crippen LogP contribution >= 0.6 is 0 Å². The quantitative estimate of drug-likeness (QED) is 0.633. The van der Waals surface area contributed by atoms with Crippen molar-refractivity contribution in [3.63, 3.8) is 0 Å². The van der Waals surface area contributed by atoms with Crippen LogP contribution in [0.4, 0.5) is 10.1 Å². The minimum absolute atomic E-state index is 0.273. The van der Waals surface area contributed by atoms with Gasteiger partial charge in [-0.05, 0) is 55.6 Å². The molecule has 5 rings (SSSR count). The number of fused-ring (bicyclic) bond motifs is 2. The van der Waals surface area contributed by atoms with Crippen LogP contribution < -0.4 is 19.7 Å². The van der Waals surface area contributed by atoms with Gasteiger partial charge >= 0.3 is 0 Å². The van der Waals surface area contributed by atoms with Crippen molar-refractivity contribution >= 4 is 5.69 Å². The van der Waals surface area contributed by atoms with Gasteiger partial charge in [-0.3, -0.25) is 0 Å². The third-order valence-corrected chi connectivity index (χ3v) is 6.35. The molecule has 1 N–H and O–H groups in total. The molecule has 3 aromatic rings. The number of nitrogens with zero attached hydrogens (tertiary/aromatic N) is 3. The zero-order chi connectivity index (χ0) is 22.9. The molecule has 0 aliphatic carbocycles. The largest absolute Gasteiger partial charge is 0.493 e. The standard InChI is InChI=1S/C26H29FN4O2/c1-16(2)31-8-9-33-26-22(31)12-19(13-23(26)32-3)25-21(27)15-29-24(30-25)11-17-4-5-18-6-7-28-14-20(18)10-17/h4-5,10,12-13,15-16,28H,6-9,11,14H2,1-3H3. The summed E-state index contributed by atoms with van der Waals surface area (Å²) in [6.45, 7) is 7.50. The van der Waals surface area contributed by atoms with Crippen molar-refractivity contribution in [1.29, 1.82) is 0 Å². The van der Waals surface area contributed by atoms with Gasteiger partial charge in [-0.25, -0.2) is 14.4 Å². The monoisotopic (exact) mass is 448 g/mol. The lowest BCUT2D eigenvalue weighted by Crippen LogP contribution is -2.38. The van der Waals surface area contributed by atoms with Crippen molar-refractivity contribution in [3.05, 3.63) is 64.9 Å². The van der Waals surface area contributed by atoms with Gasteiger partial charge in [0.25, 0.3) is 0 Å². The first-order chi connectivity index (χ1) is 16.0. The normalized spacial score (nSPS) is 15.1. The van der Waals surface area contributed by atoms with Crippen LogP contribution in [0, 0.1) is 5.82 Å². The topological polar surface area (TPSA) is 59.5 Å². The maximum Gasteiger partial charge on any atom is 0.184 e. The summed E-state index contributed by atoms with van der Waals surface area (Å²) in [5, 5.41) is 3.41. The van der Waals surface area contributed by atoms with E-state index in [1.807, 2.05) is 6.07 Å². The molecule has 33 heavy (non-hydrogen) atoms. The van der Waals surface area contributed by atoms with E-state index < -0.39 is 5.82 Å². The van der Waals surface area contributed by atoms with Gasteiger partial charge in [0.05, 0.1) is 25.5 Å². The summed E-state index contributed by atoms with van der Waals surface area (Å²) in [7, 11) is 1.60. The van der Waals surface area contributed by atoms with E-state index in [9.17, 15) is 4.39 Å². The molecule has 3 heterocycles. The molecule has 6 nitrogen and oxygen atoms in total. The maximum atomic E-state index is 14.9. The SMILES string of the molecule is COc1cc(-c2nc(Cc3ccc4c(c3)CNCC4)ncc2F)cc2c1OCCN2C(C)C. The molecule has 0 amide bonds. The number of rotatable bonds is 5. The number of aromatic nitrogens is 2. The fraction of sp³-hybridized carbons (Fsp3) is 0.385. The molecule has 2 aromatic carbocycles. The van der Waals surface area contributed by atoms with Gasteiger partial charge in [0.2, 0.25) is 0 Å². The minimum atomic E-state index is -0.455. The minimum Gasteiger partial charge on any atom is -0.493 e. The highest BCUT2D eigenvalue weighted by Gasteiger charge is 2.26. The zero-order valence-electron chi connectivity index (χ0n) is 19.3. The molecule has 2 aliphatic rings. The number of anilines is 1. The van der Waals surface area contributed by atoms with Crippen LogP contribution in [0.5, 0.6) is 11.5 Å². The molecule has 172 valence electrons. The van der Waals surface area contributed by atoms with Crippen LogP contribution in [-0.2, 0) is 19.4 Å². The van der Waals surface area contributed by atoms with E-state index in [-0.39, 0.29) is 11.7 Å². The third kappa shape index (κ3) is 4.25. The third-order valence-electron chi connectivity index (χ3n) is 6.35. The Bertz CT molecular complexity index is 1180. The van der Waals surface area contributed by atoms with Gasteiger partial charge < -0.3 is 19.7 Å². The van der Waals surface area contributed by atoms with Gasteiger partial charge in [0.15, 0.2) is 17.3 Å². The van der Waals surface area contributed by atoms with E-state index in [0.29, 0.717) is 35.9 Å². The van der Waals surface area contributed by atoms with Gasteiger partial charge in [0.1, 0.15) is 18.1 Å². The Labute approximate surface area is 193 Å². The molecule has 0 unspecified atom stereocenters. The van der Waals surface area contributed by atoms with Crippen LogP contribution in [-0.4, -0.2) is 42.8 Å². The second kappa shape index (κ2) is 8.98. The smallest absolute Gasteiger partial charge is 0.184 e. The highest BCUT2D eigenvalue weighted by molar-refractivity contribution is 5.76. The summed E-state index contributed by atoms with van der Waals surface area (Å²) in [5.41, 5.74) is 5.64. The fourth-order valence-electron chi connectivity index (χ4n) is 4.65. The Balaban J connectivity index is 1.51. The Hall–Kier alpha value is -3.19. The van der Waals surface area contributed by atoms with Crippen LogP contribution in [0.1, 0.15) is 36.4 Å². The number of benzene rings is 2. The number of ether oxygens (including phenoxy) is 2. The van der Waals surface area contributed by atoms with Crippen molar-refractivity contribution in [2.45, 2.75) is 39.3 Å². The van der Waals surface area contributed by atoms with Crippen molar-refractivity contribution in [2.75, 3.05) is 31.7 Å². The lowest BCUT2D eigenvalue weighted by atomic mass is 9.97. The first kappa shape index (κ1) is 21.6. The van der Waals surface area contributed by atoms with Crippen LogP contribution in [0.25, 0.3) is 11.3 Å². The van der Waals surface area contributed by atoms with E-state index >= 15 is 0 Å². The molecule has 0 spiro atoms. The summed E-state index contributed by atoms with van der Waals surface area (Å²) in [6, 6.07) is 10.5. The fourth-order valence-corrected chi connectivity index (χ4v) is 4.65. The Morgan fingerprint density at radius 2 is 2.09 bits per heavy atom. The molecule has 2 aliphatic heterocycles. The Kier molecular flexibility index (Phi) is 5.89. The molecule has 0 fully saturated rings. The number of hydrogen-bond donors (Lipinski definition) is 1. The highest BCUT2D eigenvalue weighted by atomic mass is 19.1. The average molecular weight is 449 g/mol. The van der Waals surface area contributed by atoms with Crippen molar-refractivity contribution < 1.29 is 13.9 Å². The van der Waals surface area contributed by atoms with Crippen molar-refractivity contribution in [3.8, 4) is 22.8 Å². The second-order valence-corrected chi connectivity index (χ2v) is 8.85. The maximum absolute atomic E-state index is 14.9. The number of halogens is 1. The van der Waals surface area contributed by atoms with Crippen molar-refractivity contribution in [2.24, 2.45) is 0 Å². The lowest BCUT2D eigenvalue weighted by molar-refractivity contribution is 0.282. The lowest BCUT2D eigenvalue weighted by Gasteiger charge is -2.35. The Morgan fingerprint density at radius 1 is 1.21 bits per heavy atom. The highest BCUT2D eigenvalue weighted by Crippen LogP contribution is 2.44. The van der Waals surface area contributed by atoms with E-state index in [1.165, 1.54) is 17.3 Å². The zero-order valence-corrected chi connectivity index (χ0v) is 19.3. The molecule has 7 heteroatoms. The molecule has 0 radical (unpaired) electrons. The molecule has 0 saturated carbocycles. The number of hydrogen-bond acceptors (Lipinski definition) is 6. The number of methoxy groups -OCH3 is 1. The van der Waals surface area contributed by atoms with Gasteiger partial charge in [-0.15, -0.1) is 0 Å². The molecule has 0 bridgehead atoms. The summed E-state index contributed by atoms with van der Waals surface area (Å²) in [6.07, 6.45) is 2.86. The Morgan fingerprint density at radius 3 is 2.91 bits per heavy atom. The van der Waals surface area contributed by atoms with Crippen LogP contribution in [0.15, 0.2) is 36.5 Å². The first-order valence-electron chi connectivity index (χ1n) is 11.5. The van der Waals surface area contributed by atoms with E-state index in [0.717, 1.165) is 37.3 Å². The molecule has 0 saturated heterocycles. The van der Waals surface area contributed by atoms with Crippen LogP contribution in [0.2, 0.25) is 0 Å². The summed E-state index contributed by atoms with van der Waals surface area (Å²) in [5.74, 6) is 1.40. The molecule has 1 aromatic heterocycles.